The molecule has 0 amide bonds. The number of aryl methyl sites for hydroxylation is 1. The Balaban J connectivity index is 1.70. The third-order valence-electron chi connectivity index (χ3n) is 7.55. The second-order valence-electron chi connectivity index (χ2n) is 8.35. The molecule has 0 saturated heterocycles. The quantitative estimate of drug-likeness (QED) is 0.678. The largest absolute Gasteiger partial charge is 0.491 e. The maximum atomic E-state index is 14.2. The van der Waals surface area contributed by atoms with E-state index < -0.39 is 0 Å². The number of hydrogen-bond acceptors (Lipinski definition) is 1. The normalized spacial score (nSPS) is 38.6. The van der Waals surface area contributed by atoms with Crippen molar-refractivity contribution >= 4 is 0 Å². The first kappa shape index (κ1) is 15.5. The van der Waals surface area contributed by atoms with Gasteiger partial charge in [-0.1, -0.05) is 13.8 Å². The first-order valence-electron chi connectivity index (χ1n) is 9.49. The molecule has 0 heterocycles. The summed E-state index contributed by atoms with van der Waals surface area (Å²) in [6.07, 6.45) is 7.68. The van der Waals surface area contributed by atoms with Crippen molar-refractivity contribution in [1.82, 2.24) is 0 Å². The van der Waals surface area contributed by atoms with Crippen molar-refractivity contribution in [3.05, 3.63) is 29.1 Å². The van der Waals surface area contributed by atoms with E-state index in [0.29, 0.717) is 23.7 Å². The highest BCUT2D eigenvalue weighted by molar-refractivity contribution is 5.42. The Morgan fingerprint density at radius 2 is 2.04 bits per heavy atom. The highest BCUT2D eigenvalue weighted by Gasteiger charge is 2.53. The van der Waals surface area contributed by atoms with E-state index in [9.17, 15) is 4.39 Å². The van der Waals surface area contributed by atoms with Crippen LogP contribution in [0.4, 0.5) is 4.39 Å². The molecule has 126 valence electrons. The first-order chi connectivity index (χ1) is 11.0. The minimum Gasteiger partial charge on any atom is -0.491 e. The van der Waals surface area contributed by atoms with Gasteiger partial charge in [-0.3, -0.25) is 0 Å². The van der Waals surface area contributed by atoms with E-state index in [0.717, 1.165) is 24.2 Å². The summed E-state index contributed by atoms with van der Waals surface area (Å²) in [7, 11) is 0. The lowest BCUT2D eigenvalue weighted by Crippen LogP contribution is -2.41. The predicted octanol–water partition coefficient (Wildman–Crippen LogP) is 5.72. The molecule has 5 atom stereocenters. The Hall–Kier alpha value is -1.05. The van der Waals surface area contributed by atoms with Crippen LogP contribution >= 0.6 is 0 Å². The summed E-state index contributed by atoms with van der Waals surface area (Å²) in [6, 6.07) is 3.79. The first-order valence-corrected chi connectivity index (χ1v) is 9.49. The molecule has 2 fully saturated rings. The topological polar surface area (TPSA) is 9.23 Å². The lowest BCUT2D eigenvalue weighted by molar-refractivity contribution is 0.0335. The van der Waals surface area contributed by atoms with Crippen LogP contribution < -0.4 is 4.74 Å². The summed E-state index contributed by atoms with van der Waals surface area (Å²) in [4.78, 5) is 0. The fourth-order valence-electron chi connectivity index (χ4n) is 6.10. The maximum absolute atomic E-state index is 14.2. The Morgan fingerprint density at radius 3 is 2.83 bits per heavy atom. The van der Waals surface area contributed by atoms with Crippen LogP contribution in [-0.4, -0.2) is 6.61 Å². The zero-order valence-electron chi connectivity index (χ0n) is 14.7. The molecule has 0 bridgehead atoms. The van der Waals surface area contributed by atoms with Gasteiger partial charge in [0.05, 0.1) is 6.61 Å². The van der Waals surface area contributed by atoms with Crippen molar-refractivity contribution in [2.45, 2.75) is 65.2 Å². The van der Waals surface area contributed by atoms with Crippen LogP contribution in [0.5, 0.6) is 5.75 Å². The maximum Gasteiger partial charge on any atom is 0.165 e. The molecule has 2 heteroatoms. The van der Waals surface area contributed by atoms with Gasteiger partial charge >= 0.3 is 0 Å². The van der Waals surface area contributed by atoms with Gasteiger partial charge in [0.25, 0.3) is 0 Å². The molecule has 4 unspecified atom stereocenters. The van der Waals surface area contributed by atoms with Crippen molar-refractivity contribution in [1.29, 1.82) is 0 Å². The fourth-order valence-corrected chi connectivity index (χ4v) is 6.10. The highest BCUT2D eigenvalue weighted by atomic mass is 19.1. The average Bonchev–Trinajstić information content (AvgIpc) is 2.84. The van der Waals surface area contributed by atoms with Crippen LogP contribution in [0.2, 0.25) is 0 Å². The van der Waals surface area contributed by atoms with E-state index >= 15 is 0 Å². The molecule has 0 N–H and O–H groups in total. The minimum atomic E-state index is -0.181. The predicted molar refractivity (Wildman–Crippen MR) is 91.4 cm³/mol. The van der Waals surface area contributed by atoms with Crippen LogP contribution in [0, 0.1) is 29.0 Å². The van der Waals surface area contributed by atoms with Crippen molar-refractivity contribution < 1.29 is 9.13 Å². The van der Waals surface area contributed by atoms with Crippen LogP contribution in [0.25, 0.3) is 0 Å². The zero-order chi connectivity index (χ0) is 16.2. The Morgan fingerprint density at radius 1 is 1.22 bits per heavy atom. The van der Waals surface area contributed by atoms with E-state index in [1.807, 2.05) is 13.0 Å². The third-order valence-corrected chi connectivity index (χ3v) is 7.55. The zero-order valence-corrected chi connectivity index (χ0v) is 14.7. The monoisotopic (exact) mass is 316 g/mol. The van der Waals surface area contributed by atoms with E-state index in [2.05, 4.69) is 13.8 Å². The van der Waals surface area contributed by atoms with E-state index in [4.69, 9.17) is 4.74 Å². The summed E-state index contributed by atoms with van der Waals surface area (Å²) in [5.74, 6) is 3.43. The van der Waals surface area contributed by atoms with Gasteiger partial charge in [-0.25, -0.2) is 4.39 Å². The smallest absolute Gasteiger partial charge is 0.165 e. The lowest BCUT2D eigenvalue weighted by Gasteiger charge is -2.50. The molecule has 1 aromatic rings. The van der Waals surface area contributed by atoms with Gasteiger partial charge in [0, 0.05) is 0 Å². The Bertz CT molecular complexity index is 610. The molecule has 0 radical (unpaired) electrons. The van der Waals surface area contributed by atoms with E-state index in [1.165, 1.54) is 43.2 Å². The average molecular weight is 316 g/mol. The second kappa shape index (κ2) is 5.50. The lowest BCUT2D eigenvalue weighted by atomic mass is 9.54. The SMILES string of the molecule is CCOc1cc2c(cc1F)CCC1C2CC[C@]2(C)C(C)CCC12. The van der Waals surface area contributed by atoms with E-state index in [1.54, 1.807) is 6.07 Å². The number of halogens is 1. The molecule has 23 heavy (non-hydrogen) atoms. The van der Waals surface area contributed by atoms with Crippen LogP contribution in [0.15, 0.2) is 12.1 Å². The third kappa shape index (κ3) is 2.24. The molecule has 0 spiro atoms. The summed E-state index contributed by atoms with van der Waals surface area (Å²) < 4.78 is 19.7. The minimum absolute atomic E-state index is 0.181. The number of fused-ring (bicyclic) bond motifs is 5. The van der Waals surface area contributed by atoms with Gasteiger partial charge in [-0.05, 0) is 97.8 Å². The highest BCUT2D eigenvalue weighted by Crippen LogP contribution is 2.62. The molecule has 0 aliphatic heterocycles. The van der Waals surface area contributed by atoms with Crippen LogP contribution in [0.1, 0.15) is 69.9 Å². The van der Waals surface area contributed by atoms with Gasteiger partial charge in [-0.15, -0.1) is 0 Å². The van der Waals surface area contributed by atoms with Crippen molar-refractivity contribution in [2.24, 2.45) is 23.2 Å². The summed E-state index contributed by atoms with van der Waals surface area (Å²) in [5.41, 5.74) is 3.18. The molecule has 0 aromatic heterocycles. The van der Waals surface area contributed by atoms with Crippen LogP contribution in [-0.2, 0) is 6.42 Å². The van der Waals surface area contributed by atoms with Crippen molar-refractivity contribution in [2.75, 3.05) is 6.61 Å². The molecule has 3 aliphatic rings. The molecule has 4 rings (SSSR count). The second-order valence-corrected chi connectivity index (χ2v) is 8.35. The number of hydrogen-bond donors (Lipinski definition) is 0. The number of rotatable bonds is 2. The van der Waals surface area contributed by atoms with Crippen LogP contribution in [0.3, 0.4) is 0 Å². The molecule has 3 aliphatic carbocycles. The Labute approximate surface area is 139 Å². The van der Waals surface area contributed by atoms with Crippen molar-refractivity contribution in [3.8, 4) is 5.75 Å². The van der Waals surface area contributed by atoms with Gasteiger partial charge in [0.1, 0.15) is 0 Å². The van der Waals surface area contributed by atoms with Crippen molar-refractivity contribution in [3.63, 3.8) is 0 Å². The molecule has 1 nitrogen and oxygen atoms in total. The number of ether oxygens (including phenoxy) is 1. The number of benzene rings is 1. The molecular formula is C21H29FO. The van der Waals surface area contributed by atoms with Gasteiger partial charge in [0.2, 0.25) is 0 Å². The van der Waals surface area contributed by atoms with Gasteiger partial charge in [0.15, 0.2) is 11.6 Å². The summed E-state index contributed by atoms with van der Waals surface area (Å²) >= 11 is 0. The summed E-state index contributed by atoms with van der Waals surface area (Å²) in [6.45, 7) is 7.45. The molecule has 1 aromatic carbocycles. The van der Waals surface area contributed by atoms with Gasteiger partial charge in [-0.2, -0.15) is 0 Å². The molecule has 2 saturated carbocycles. The Kier molecular flexibility index (Phi) is 3.70. The molecular weight excluding hydrogens is 287 g/mol. The van der Waals surface area contributed by atoms with Gasteiger partial charge < -0.3 is 4.74 Å². The summed E-state index contributed by atoms with van der Waals surface area (Å²) in [5, 5.41) is 0. The standard InChI is InChI=1S/C21H29FO/c1-4-23-20-12-17-14(11-19(20)22)6-7-16-15(17)9-10-21(3)13(2)5-8-18(16)21/h11-13,15-16,18H,4-10H2,1-3H3/t13?,15?,16?,18?,21-/m1/s1. The van der Waals surface area contributed by atoms with E-state index in [-0.39, 0.29) is 5.82 Å². The fraction of sp³-hybridized carbons (Fsp3) is 0.714.